The average molecular weight is 302 g/mol. The predicted octanol–water partition coefficient (Wildman–Crippen LogP) is -0.0750. The van der Waals surface area contributed by atoms with Gasteiger partial charge in [-0.2, -0.15) is 0 Å². The first-order valence-electron chi connectivity index (χ1n) is 6.71. The second-order valence-corrected chi connectivity index (χ2v) is 5.35. The predicted molar refractivity (Wildman–Crippen MR) is 72.7 cm³/mol. The minimum Gasteiger partial charge on any atom is -0.481 e. The van der Waals surface area contributed by atoms with Gasteiger partial charge in [-0.05, 0) is 5.92 Å². The molecule has 2 amide bonds. The van der Waals surface area contributed by atoms with Crippen molar-refractivity contribution >= 4 is 18.0 Å². The lowest BCUT2D eigenvalue weighted by molar-refractivity contribution is -0.145. The molecule has 0 saturated carbocycles. The monoisotopic (exact) mass is 302 g/mol. The van der Waals surface area contributed by atoms with Crippen LogP contribution in [0.4, 0.5) is 4.79 Å². The number of carbonyl (C=O) groups is 3. The number of carbonyl (C=O) groups excluding carboxylic acids is 2. The highest BCUT2D eigenvalue weighted by Crippen LogP contribution is 2.19. The Balaban J connectivity index is 2.73. The van der Waals surface area contributed by atoms with Crippen LogP contribution in [0.15, 0.2) is 0 Å². The van der Waals surface area contributed by atoms with Crippen LogP contribution in [-0.4, -0.2) is 67.4 Å². The molecule has 0 bridgehead atoms. The molecule has 21 heavy (non-hydrogen) atoms. The van der Waals surface area contributed by atoms with Gasteiger partial charge in [0.15, 0.2) is 0 Å². The molecule has 8 heteroatoms. The van der Waals surface area contributed by atoms with Gasteiger partial charge in [0.25, 0.3) is 0 Å². The first-order chi connectivity index (χ1) is 9.79. The van der Waals surface area contributed by atoms with Gasteiger partial charge in [-0.3, -0.25) is 4.79 Å². The molecule has 0 aromatic heterocycles. The summed E-state index contributed by atoms with van der Waals surface area (Å²) in [7, 11) is 2.73. The van der Waals surface area contributed by atoms with Gasteiger partial charge in [-0.15, -0.1) is 0 Å². The van der Waals surface area contributed by atoms with Crippen molar-refractivity contribution in [1.82, 2.24) is 10.2 Å². The van der Waals surface area contributed by atoms with E-state index in [1.165, 1.54) is 19.1 Å². The summed E-state index contributed by atoms with van der Waals surface area (Å²) in [5.41, 5.74) is 0. The van der Waals surface area contributed by atoms with E-state index in [1.807, 2.05) is 0 Å². The lowest BCUT2D eigenvalue weighted by atomic mass is 10.0. The molecule has 1 aliphatic heterocycles. The molecule has 0 aliphatic carbocycles. The lowest BCUT2D eigenvalue weighted by Crippen LogP contribution is -2.54. The van der Waals surface area contributed by atoms with Gasteiger partial charge in [0.2, 0.25) is 0 Å². The fourth-order valence-electron chi connectivity index (χ4n) is 2.17. The van der Waals surface area contributed by atoms with Crippen molar-refractivity contribution in [3.63, 3.8) is 0 Å². The third kappa shape index (κ3) is 4.07. The molecule has 120 valence electrons. The van der Waals surface area contributed by atoms with Crippen LogP contribution < -0.4 is 5.32 Å². The zero-order chi connectivity index (χ0) is 16.2. The number of nitrogens with one attached hydrogen (secondary N) is 1. The molecule has 2 N–H and O–H groups in total. The number of esters is 1. The molecule has 0 aromatic rings. The molecule has 1 saturated heterocycles. The number of carboxylic acids is 1. The van der Waals surface area contributed by atoms with Crippen molar-refractivity contribution in [3.8, 4) is 0 Å². The van der Waals surface area contributed by atoms with Gasteiger partial charge < -0.3 is 24.8 Å². The van der Waals surface area contributed by atoms with Crippen LogP contribution in [0, 0.1) is 11.8 Å². The summed E-state index contributed by atoms with van der Waals surface area (Å²) in [4.78, 5) is 36.2. The number of rotatable bonds is 5. The highest BCUT2D eigenvalue weighted by Gasteiger charge is 2.39. The average Bonchev–Trinajstić information content (AvgIpc) is 2.91. The van der Waals surface area contributed by atoms with Crippen LogP contribution >= 0.6 is 0 Å². The normalized spacial score (nSPS) is 22.7. The standard InChI is InChI=1S/C13H22N2O6/c1-7(2)10(12(18)20-4)14-13(19)15(3)9-6-21-5-8(9)11(16)17/h7-10H,5-6H2,1-4H3,(H,14,19)(H,16,17). The molecule has 1 aliphatic rings. The number of ether oxygens (including phenoxy) is 2. The minimum atomic E-state index is -1.01. The number of hydrogen-bond donors (Lipinski definition) is 2. The van der Waals surface area contributed by atoms with Crippen LogP contribution in [0.2, 0.25) is 0 Å². The SMILES string of the molecule is COC(=O)C(NC(=O)N(C)C1COCC1C(=O)O)C(C)C. The first-order valence-corrected chi connectivity index (χ1v) is 6.71. The van der Waals surface area contributed by atoms with Crippen LogP contribution in [0.3, 0.4) is 0 Å². The molecule has 0 spiro atoms. The zero-order valence-electron chi connectivity index (χ0n) is 12.7. The summed E-state index contributed by atoms with van der Waals surface area (Å²) in [6.45, 7) is 3.79. The van der Waals surface area contributed by atoms with Crippen LogP contribution in [0.25, 0.3) is 0 Å². The largest absolute Gasteiger partial charge is 0.481 e. The molecule has 3 unspecified atom stereocenters. The Bertz CT molecular complexity index is 411. The highest BCUT2D eigenvalue weighted by molar-refractivity contribution is 5.84. The second kappa shape index (κ2) is 7.26. The van der Waals surface area contributed by atoms with E-state index >= 15 is 0 Å². The second-order valence-electron chi connectivity index (χ2n) is 5.35. The number of methoxy groups -OCH3 is 1. The Kier molecular flexibility index (Phi) is 5.95. The molecule has 1 rings (SSSR count). The van der Waals surface area contributed by atoms with Gasteiger partial charge in [0, 0.05) is 7.05 Å². The van der Waals surface area contributed by atoms with Crippen molar-refractivity contribution in [2.24, 2.45) is 11.8 Å². The van der Waals surface area contributed by atoms with Crippen LogP contribution in [-0.2, 0) is 19.1 Å². The van der Waals surface area contributed by atoms with Crippen LogP contribution in [0.5, 0.6) is 0 Å². The summed E-state index contributed by atoms with van der Waals surface area (Å²) in [6, 6.07) is -1.87. The summed E-state index contributed by atoms with van der Waals surface area (Å²) in [6.07, 6.45) is 0. The smallest absolute Gasteiger partial charge is 0.328 e. The topological polar surface area (TPSA) is 105 Å². The molecule has 3 atom stereocenters. The van der Waals surface area contributed by atoms with Gasteiger partial charge in [0.05, 0.1) is 26.4 Å². The Hall–Kier alpha value is -1.83. The fraction of sp³-hybridized carbons (Fsp3) is 0.769. The number of hydrogen-bond acceptors (Lipinski definition) is 5. The van der Waals surface area contributed by atoms with Gasteiger partial charge in [-0.25, -0.2) is 9.59 Å². The maximum absolute atomic E-state index is 12.2. The summed E-state index contributed by atoms with van der Waals surface area (Å²) in [5, 5.41) is 11.7. The molecular weight excluding hydrogens is 280 g/mol. The Morgan fingerprint density at radius 3 is 2.43 bits per heavy atom. The Morgan fingerprint density at radius 1 is 1.33 bits per heavy atom. The van der Waals surface area contributed by atoms with Crippen molar-refractivity contribution in [2.75, 3.05) is 27.4 Å². The van der Waals surface area contributed by atoms with E-state index in [9.17, 15) is 14.4 Å². The van der Waals surface area contributed by atoms with E-state index in [0.29, 0.717) is 0 Å². The zero-order valence-corrected chi connectivity index (χ0v) is 12.7. The Morgan fingerprint density at radius 2 is 1.95 bits per heavy atom. The highest BCUT2D eigenvalue weighted by atomic mass is 16.5. The Labute approximate surface area is 123 Å². The van der Waals surface area contributed by atoms with E-state index in [0.717, 1.165) is 0 Å². The summed E-state index contributed by atoms with van der Waals surface area (Å²) >= 11 is 0. The number of urea groups is 1. The number of nitrogens with zero attached hydrogens (tertiary/aromatic N) is 1. The molecular formula is C13H22N2O6. The van der Waals surface area contributed by atoms with Crippen molar-refractivity contribution in [3.05, 3.63) is 0 Å². The number of amides is 2. The number of carboxylic acid groups (broad SMARTS) is 1. The van der Waals surface area contributed by atoms with E-state index in [2.05, 4.69) is 10.1 Å². The maximum Gasteiger partial charge on any atom is 0.328 e. The minimum absolute atomic E-state index is 0.0717. The van der Waals surface area contributed by atoms with E-state index < -0.39 is 36.0 Å². The first kappa shape index (κ1) is 17.2. The molecule has 0 radical (unpaired) electrons. The summed E-state index contributed by atoms with van der Waals surface area (Å²) in [5.74, 6) is -2.46. The summed E-state index contributed by atoms with van der Waals surface area (Å²) < 4.78 is 9.78. The lowest BCUT2D eigenvalue weighted by Gasteiger charge is -2.29. The third-order valence-corrected chi connectivity index (χ3v) is 3.59. The van der Waals surface area contributed by atoms with Gasteiger partial charge in [0.1, 0.15) is 12.0 Å². The van der Waals surface area contributed by atoms with E-state index in [4.69, 9.17) is 9.84 Å². The third-order valence-electron chi connectivity index (χ3n) is 3.59. The fourth-order valence-corrected chi connectivity index (χ4v) is 2.17. The van der Waals surface area contributed by atoms with Crippen molar-refractivity contribution in [1.29, 1.82) is 0 Å². The van der Waals surface area contributed by atoms with Crippen LogP contribution in [0.1, 0.15) is 13.8 Å². The molecule has 1 heterocycles. The quantitative estimate of drug-likeness (QED) is 0.688. The maximum atomic E-state index is 12.2. The molecule has 1 fully saturated rings. The van der Waals surface area contributed by atoms with E-state index in [1.54, 1.807) is 13.8 Å². The molecule has 0 aromatic carbocycles. The number of aliphatic carboxylic acids is 1. The molecule has 8 nitrogen and oxygen atoms in total. The van der Waals surface area contributed by atoms with Gasteiger partial charge in [-0.1, -0.05) is 13.8 Å². The van der Waals surface area contributed by atoms with Crippen molar-refractivity contribution in [2.45, 2.75) is 25.9 Å². The van der Waals surface area contributed by atoms with Gasteiger partial charge >= 0.3 is 18.0 Å². The number of likely N-dealkylation sites (N-methyl/N-ethyl adjacent to an activating group) is 1. The van der Waals surface area contributed by atoms with Crippen molar-refractivity contribution < 1.29 is 29.0 Å². The van der Waals surface area contributed by atoms with E-state index in [-0.39, 0.29) is 19.1 Å².